The molecule has 0 spiro atoms. The van der Waals surface area contributed by atoms with E-state index < -0.39 is 5.41 Å². The molecule has 11 rings (SSSR count). The third-order valence-electron chi connectivity index (χ3n) is 11.9. The van der Waals surface area contributed by atoms with Gasteiger partial charge in [-0.15, -0.1) is 0 Å². The Bertz CT molecular complexity index is 3030. The van der Waals surface area contributed by atoms with Gasteiger partial charge in [0.15, 0.2) is 0 Å². The van der Waals surface area contributed by atoms with E-state index in [0.717, 1.165) is 16.7 Å². The maximum absolute atomic E-state index is 2.45. The lowest BCUT2D eigenvalue weighted by Gasteiger charge is -2.34. The molecule has 0 saturated heterocycles. The van der Waals surface area contributed by atoms with Gasteiger partial charge >= 0.3 is 0 Å². The van der Waals surface area contributed by atoms with Crippen molar-refractivity contribution in [2.24, 2.45) is 0 Å². The van der Waals surface area contributed by atoms with Crippen LogP contribution in [0.15, 0.2) is 224 Å². The lowest BCUT2D eigenvalue weighted by molar-refractivity contribution is 0.768. The van der Waals surface area contributed by atoms with Crippen LogP contribution < -0.4 is 0 Å². The van der Waals surface area contributed by atoms with Crippen LogP contribution in [-0.2, 0) is 5.41 Å². The SMILES string of the molecule is c1ccc(C2(c3ccccc3)c3ccccc3-c3c(-c4ccc(-n5c6ccccc6c6ccccc6c6ccccc6c6ccccc65)cc4)cccc32)cc1. The molecule has 1 heterocycles. The van der Waals surface area contributed by atoms with E-state index in [9.17, 15) is 0 Å². The van der Waals surface area contributed by atoms with Crippen LogP contribution in [0.4, 0.5) is 0 Å². The first-order valence-electron chi connectivity index (χ1n) is 19.4. The molecule has 0 aliphatic heterocycles. The summed E-state index contributed by atoms with van der Waals surface area (Å²) in [6.45, 7) is 0. The first-order valence-corrected chi connectivity index (χ1v) is 19.4. The molecular formula is C55H37N. The van der Waals surface area contributed by atoms with Gasteiger partial charge in [-0.1, -0.05) is 200 Å². The van der Waals surface area contributed by atoms with Crippen molar-refractivity contribution in [3.05, 3.63) is 247 Å². The van der Waals surface area contributed by atoms with E-state index in [4.69, 9.17) is 0 Å². The minimum atomic E-state index is -0.437. The first-order chi connectivity index (χ1) is 27.8. The van der Waals surface area contributed by atoms with Crippen molar-refractivity contribution in [3.8, 4) is 27.9 Å². The minimum Gasteiger partial charge on any atom is -0.309 e. The Morgan fingerprint density at radius 3 is 1.25 bits per heavy atom. The third-order valence-corrected chi connectivity index (χ3v) is 11.9. The van der Waals surface area contributed by atoms with Crippen molar-refractivity contribution in [1.29, 1.82) is 0 Å². The molecule has 1 aliphatic rings. The molecule has 1 aromatic heterocycles. The summed E-state index contributed by atoms with van der Waals surface area (Å²) in [5, 5.41) is 7.34. The Morgan fingerprint density at radius 1 is 0.286 bits per heavy atom. The Labute approximate surface area is 326 Å². The predicted molar refractivity (Wildman–Crippen MR) is 236 cm³/mol. The predicted octanol–water partition coefficient (Wildman–Crippen LogP) is 14.2. The van der Waals surface area contributed by atoms with E-state index in [2.05, 4.69) is 229 Å². The second-order valence-corrected chi connectivity index (χ2v) is 14.8. The summed E-state index contributed by atoms with van der Waals surface area (Å²) in [7, 11) is 0. The summed E-state index contributed by atoms with van der Waals surface area (Å²) in [5.74, 6) is 0. The average molecular weight is 712 g/mol. The van der Waals surface area contributed by atoms with Crippen molar-refractivity contribution in [2.45, 2.75) is 5.41 Å². The highest BCUT2D eigenvalue weighted by Crippen LogP contribution is 2.58. The molecule has 0 atom stereocenters. The highest BCUT2D eigenvalue weighted by Gasteiger charge is 2.46. The van der Waals surface area contributed by atoms with Gasteiger partial charge in [0.2, 0.25) is 0 Å². The normalized spacial score (nSPS) is 12.8. The lowest BCUT2D eigenvalue weighted by atomic mass is 9.67. The zero-order valence-electron chi connectivity index (χ0n) is 30.8. The topological polar surface area (TPSA) is 4.93 Å². The molecule has 1 heteroatoms. The molecule has 1 nitrogen and oxygen atoms in total. The fraction of sp³-hybridized carbons (Fsp3) is 0.0182. The van der Waals surface area contributed by atoms with Gasteiger partial charge in [0.05, 0.1) is 16.4 Å². The molecule has 9 aromatic carbocycles. The van der Waals surface area contributed by atoms with Gasteiger partial charge in [-0.2, -0.15) is 0 Å². The van der Waals surface area contributed by atoms with Crippen LogP contribution >= 0.6 is 0 Å². The zero-order valence-corrected chi connectivity index (χ0v) is 30.8. The highest BCUT2D eigenvalue weighted by molar-refractivity contribution is 6.19. The number of hydrogen-bond donors (Lipinski definition) is 0. The summed E-state index contributed by atoms with van der Waals surface area (Å²) < 4.78 is 2.45. The van der Waals surface area contributed by atoms with Crippen LogP contribution in [0.5, 0.6) is 0 Å². The van der Waals surface area contributed by atoms with Crippen molar-refractivity contribution in [1.82, 2.24) is 4.57 Å². The number of aromatic nitrogens is 1. The summed E-state index contributed by atoms with van der Waals surface area (Å²) in [6.07, 6.45) is 0. The number of benzene rings is 9. The number of fused-ring (bicyclic) bond motifs is 10. The molecule has 0 fully saturated rings. The van der Waals surface area contributed by atoms with Crippen LogP contribution in [0.25, 0.3) is 71.3 Å². The quantitative estimate of drug-likeness (QED) is 0.171. The van der Waals surface area contributed by atoms with E-state index in [1.54, 1.807) is 0 Å². The average Bonchev–Trinajstić information content (AvgIpc) is 3.60. The first kappa shape index (κ1) is 32.2. The van der Waals surface area contributed by atoms with E-state index in [1.165, 1.54) is 76.8 Å². The molecular weight excluding hydrogens is 675 g/mol. The lowest BCUT2D eigenvalue weighted by Crippen LogP contribution is -2.28. The number of hydrogen-bond acceptors (Lipinski definition) is 0. The number of para-hydroxylation sites is 2. The van der Waals surface area contributed by atoms with Gasteiger partial charge in [0.1, 0.15) is 0 Å². The van der Waals surface area contributed by atoms with Crippen LogP contribution in [0, 0.1) is 0 Å². The van der Waals surface area contributed by atoms with Crippen LogP contribution in [0.1, 0.15) is 22.3 Å². The maximum atomic E-state index is 2.45. The Balaban J connectivity index is 1.18. The van der Waals surface area contributed by atoms with Crippen molar-refractivity contribution < 1.29 is 0 Å². The van der Waals surface area contributed by atoms with Crippen molar-refractivity contribution in [2.75, 3.05) is 0 Å². The van der Waals surface area contributed by atoms with Crippen molar-refractivity contribution in [3.63, 3.8) is 0 Å². The molecule has 0 radical (unpaired) electrons. The summed E-state index contributed by atoms with van der Waals surface area (Å²) in [4.78, 5) is 0. The second kappa shape index (κ2) is 13.0. The molecule has 0 amide bonds. The number of rotatable bonds is 4. The highest BCUT2D eigenvalue weighted by atomic mass is 15.0. The molecule has 0 unspecified atom stereocenters. The monoisotopic (exact) mass is 711 g/mol. The Kier molecular flexibility index (Phi) is 7.47. The Morgan fingerprint density at radius 2 is 0.696 bits per heavy atom. The zero-order chi connectivity index (χ0) is 37.1. The fourth-order valence-electron chi connectivity index (χ4n) is 9.63. The third kappa shape index (κ3) is 4.74. The smallest absolute Gasteiger partial charge is 0.0713 e. The van der Waals surface area contributed by atoms with Gasteiger partial charge in [0.25, 0.3) is 0 Å². The number of nitrogens with zero attached hydrogens (tertiary/aromatic N) is 1. The van der Waals surface area contributed by atoms with Gasteiger partial charge < -0.3 is 4.57 Å². The molecule has 1 aliphatic carbocycles. The molecule has 262 valence electrons. The fourth-order valence-corrected chi connectivity index (χ4v) is 9.63. The maximum Gasteiger partial charge on any atom is 0.0713 e. The van der Waals surface area contributed by atoms with Gasteiger partial charge in [-0.25, -0.2) is 0 Å². The molecule has 10 aromatic rings. The van der Waals surface area contributed by atoms with Gasteiger partial charge in [-0.3, -0.25) is 0 Å². The van der Waals surface area contributed by atoms with E-state index in [1.807, 2.05) is 0 Å². The van der Waals surface area contributed by atoms with Crippen LogP contribution in [0.2, 0.25) is 0 Å². The second-order valence-electron chi connectivity index (χ2n) is 14.8. The summed E-state index contributed by atoms with van der Waals surface area (Å²) in [6, 6.07) is 82.6. The summed E-state index contributed by atoms with van der Waals surface area (Å²) >= 11 is 0. The summed E-state index contributed by atoms with van der Waals surface area (Å²) in [5.41, 5.74) is 13.2. The van der Waals surface area contributed by atoms with Crippen molar-refractivity contribution >= 4 is 43.4 Å². The van der Waals surface area contributed by atoms with E-state index in [0.29, 0.717) is 0 Å². The molecule has 56 heavy (non-hydrogen) atoms. The van der Waals surface area contributed by atoms with E-state index >= 15 is 0 Å². The molecule has 0 saturated carbocycles. The van der Waals surface area contributed by atoms with Crippen LogP contribution in [-0.4, -0.2) is 4.57 Å². The Hall–Kier alpha value is -7.22. The molecule has 0 bridgehead atoms. The van der Waals surface area contributed by atoms with Crippen LogP contribution in [0.3, 0.4) is 0 Å². The largest absolute Gasteiger partial charge is 0.309 e. The van der Waals surface area contributed by atoms with Gasteiger partial charge in [0, 0.05) is 16.5 Å². The van der Waals surface area contributed by atoms with E-state index in [-0.39, 0.29) is 0 Å². The standard InChI is InChI=1S/C55H37N/c1-3-18-39(19-4-1)55(40-20-5-2-6-21-40)50-30-14-11-28-49(50)54-42(29-17-31-51(54)55)38-34-36-41(37-35-38)56-52-32-15-12-26-47(52)45-24-9-7-22-43(45)44-23-8-10-25-46(44)48-27-13-16-33-53(48)56/h1-37H. The van der Waals surface area contributed by atoms with Gasteiger partial charge in [-0.05, 0) is 90.3 Å². The molecule has 0 N–H and O–H groups in total. The minimum absolute atomic E-state index is 0.437.